The second kappa shape index (κ2) is 12.3. The van der Waals surface area contributed by atoms with Crippen LogP contribution in [0.5, 0.6) is 5.75 Å². The standard InChI is InChI=1S/C18H20N2O2.C9H15N3OS/c1-12-10-14(16-4-2-3-5-17(16)20-12)11-22-15-8-6-13(7-9-15)18(19)21;1-2-4-12-5-3-7(6-12)8-10-11-9(13)14-8/h6-10H,2-5,11H2,1H3,(H2,19,21);7H,2-6H2,1H3,(H,11,13)/t;7-/m.1/s1. The van der Waals surface area contributed by atoms with E-state index in [-0.39, 0.29) is 4.87 Å². The summed E-state index contributed by atoms with van der Waals surface area (Å²) in [6.45, 7) is 8.12. The first-order chi connectivity index (χ1) is 17.4. The van der Waals surface area contributed by atoms with E-state index in [0.29, 0.717) is 18.1 Å². The molecule has 1 aliphatic heterocycles. The second-order valence-electron chi connectivity index (χ2n) is 9.47. The largest absolute Gasteiger partial charge is 0.489 e. The number of carbonyl (C=O) groups is 1. The van der Waals surface area contributed by atoms with Crippen molar-refractivity contribution in [3.63, 3.8) is 0 Å². The molecular weight excluding hydrogens is 474 g/mol. The van der Waals surface area contributed by atoms with Crippen molar-refractivity contribution in [3.05, 3.63) is 73.1 Å². The molecule has 1 aliphatic carbocycles. The van der Waals surface area contributed by atoms with Gasteiger partial charge in [-0.2, -0.15) is 5.10 Å². The molecule has 8 nitrogen and oxygen atoms in total. The molecule has 0 bridgehead atoms. The van der Waals surface area contributed by atoms with Crippen molar-refractivity contribution >= 4 is 17.2 Å². The summed E-state index contributed by atoms with van der Waals surface area (Å²) >= 11 is 1.26. The molecule has 1 amide bonds. The van der Waals surface area contributed by atoms with Crippen molar-refractivity contribution in [1.82, 2.24) is 20.1 Å². The van der Waals surface area contributed by atoms with Crippen LogP contribution < -0.4 is 15.3 Å². The van der Waals surface area contributed by atoms with Crippen LogP contribution in [0.25, 0.3) is 0 Å². The molecule has 1 aromatic carbocycles. The van der Waals surface area contributed by atoms with Crippen LogP contribution in [0.4, 0.5) is 0 Å². The Morgan fingerprint density at radius 3 is 2.72 bits per heavy atom. The Bertz CT molecular complexity index is 1220. The smallest absolute Gasteiger partial charge is 0.322 e. The highest BCUT2D eigenvalue weighted by Crippen LogP contribution is 2.27. The molecule has 2 aromatic heterocycles. The molecule has 1 atom stereocenters. The van der Waals surface area contributed by atoms with Gasteiger partial charge < -0.3 is 15.4 Å². The highest BCUT2D eigenvalue weighted by atomic mass is 32.1. The Morgan fingerprint density at radius 2 is 2.03 bits per heavy atom. The lowest BCUT2D eigenvalue weighted by Gasteiger charge is -2.19. The Morgan fingerprint density at radius 1 is 1.25 bits per heavy atom. The van der Waals surface area contributed by atoms with E-state index in [1.54, 1.807) is 24.3 Å². The van der Waals surface area contributed by atoms with Gasteiger partial charge in [0.25, 0.3) is 0 Å². The van der Waals surface area contributed by atoms with Gasteiger partial charge in [0, 0.05) is 29.4 Å². The molecule has 0 unspecified atom stereocenters. The van der Waals surface area contributed by atoms with Crippen LogP contribution in [0.1, 0.15) is 76.4 Å². The molecule has 3 heterocycles. The number of aromatic amines is 1. The van der Waals surface area contributed by atoms with Gasteiger partial charge in [0.15, 0.2) is 0 Å². The summed E-state index contributed by atoms with van der Waals surface area (Å²) in [6.07, 6.45) is 6.93. The first-order valence-corrected chi connectivity index (χ1v) is 13.5. The maximum atomic E-state index is 11.1. The number of nitrogens with zero attached hydrogens (tertiary/aromatic N) is 3. The number of fused-ring (bicyclic) bond motifs is 1. The highest BCUT2D eigenvalue weighted by Gasteiger charge is 2.25. The molecule has 5 rings (SSSR count). The van der Waals surface area contributed by atoms with E-state index in [0.717, 1.165) is 55.3 Å². The van der Waals surface area contributed by atoms with Gasteiger partial charge >= 0.3 is 4.87 Å². The van der Waals surface area contributed by atoms with Crippen molar-refractivity contribution < 1.29 is 9.53 Å². The van der Waals surface area contributed by atoms with Gasteiger partial charge in [-0.3, -0.25) is 14.6 Å². The van der Waals surface area contributed by atoms with E-state index in [1.807, 2.05) is 6.92 Å². The molecule has 0 saturated carbocycles. The van der Waals surface area contributed by atoms with Gasteiger partial charge in [-0.05, 0) is 100.0 Å². The zero-order valence-corrected chi connectivity index (χ0v) is 21.9. The molecule has 3 N–H and O–H groups in total. The van der Waals surface area contributed by atoms with Crippen molar-refractivity contribution in [2.75, 3.05) is 19.6 Å². The van der Waals surface area contributed by atoms with E-state index < -0.39 is 5.91 Å². The SMILES string of the molecule is CCCN1CC[C@@H](c2n[nH]c(=O)s2)C1.Cc1cc(COc2ccc(C(N)=O)cc2)c2c(n1)CCCC2. The van der Waals surface area contributed by atoms with Gasteiger partial charge in [-0.1, -0.05) is 18.3 Å². The molecule has 9 heteroatoms. The molecule has 2 aliphatic rings. The summed E-state index contributed by atoms with van der Waals surface area (Å²) in [5.41, 5.74) is 10.6. The van der Waals surface area contributed by atoms with Gasteiger partial charge in [-0.15, -0.1) is 0 Å². The zero-order chi connectivity index (χ0) is 25.5. The van der Waals surface area contributed by atoms with Crippen LogP contribution in [-0.4, -0.2) is 45.6 Å². The Hall–Kier alpha value is -3.04. The van der Waals surface area contributed by atoms with Gasteiger partial charge in [0.1, 0.15) is 17.4 Å². The number of benzene rings is 1. The van der Waals surface area contributed by atoms with Crippen molar-refractivity contribution in [1.29, 1.82) is 0 Å². The number of H-pyrrole nitrogens is 1. The average molecular weight is 510 g/mol. The number of nitrogens with two attached hydrogens (primary N) is 1. The van der Waals surface area contributed by atoms with Crippen molar-refractivity contribution in [3.8, 4) is 5.75 Å². The molecule has 1 fully saturated rings. The van der Waals surface area contributed by atoms with E-state index in [1.165, 1.54) is 47.4 Å². The van der Waals surface area contributed by atoms with Crippen LogP contribution >= 0.6 is 11.3 Å². The number of carbonyl (C=O) groups excluding carboxylic acids is 1. The Kier molecular flexibility index (Phi) is 8.88. The number of ether oxygens (including phenoxy) is 1. The number of pyridine rings is 1. The molecule has 3 aromatic rings. The molecular formula is C27H35N5O3S. The number of nitrogens with one attached hydrogen (secondary N) is 1. The number of hydrogen-bond acceptors (Lipinski definition) is 7. The number of likely N-dealkylation sites (tertiary alicyclic amines) is 1. The van der Waals surface area contributed by atoms with Gasteiger partial charge in [-0.25, -0.2) is 5.10 Å². The summed E-state index contributed by atoms with van der Waals surface area (Å²) < 4.78 is 5.87. The van der Waals surface area contributed by atoms with Crippen LogP contribution in [-0.2, 0) is 19.4 Å². The fourth-order valence-corrected chi connectivity index (χ4v) is 5.65. The normalized spacial score (nSPS) is 17.2. The quantitative estimate of drug-likeness (QED) is 0.498. The third-order valence-electron chi connectivity index (χ3n) is 6.67. The zero-order valence-electron chi connectivity index (χ0n) is 21.1. The third kappa shape index (κ3) is 6.79. The van der Waals surface area contributed by atoms with E-state index in [9.17, 15) is 9.59 Å². The number of hydrogen-bond donors (Lipinski definition) is 2. The van der Waals surface area contributed by atoms with Crippen LogP contribution in [0.2, 0.25) is 0 Å². The maximum absolute atomic E-state index is 11.1. The predicted molar refractivity (Wildman–Crippen MR) is 142 cm³/mol. The summed E-state index contributed by atoms with van der Waals surface area (Å²) in [6, 6.07) is 9.04. The number of aromatic nitrogens is 3. The van der Waals surface area contributed by atoms with Gasteiger partial charge in [0.2, 0.25) is 5.91 Å². The fraction of sp³-hybridized carbons (Fsp3) is 0.481. The summed E-state index contributed by atoms with van der Waals surface area (Å²) in [4.78, 5) is 29.1. The Labute approximate surface area is 215 Å². The van der Waals surface area contributed by atoms with E-state index >= 15 is 0 Å². The molecule has 0 spiro atoms. The lowest BCUT2D eigenvalue weighted by molar-refractivity contribution is 0.1000. The minimum absolute atomic E-state index is 0.0334. The lowest BCUT2D eigenvalue weighted by Crippen LogP contribution is -2.20. The lowest BCUT2D eigenvalue weighted by atomic mass is 9.92. The minimum Gasteiger partial charge on any atom is -0.489 e. The topological polar surface area (TPSA) is 114 Å². The first-order valence-electron chi connectivity index (χ1n) is 12.7. The molecule has 1 saturated heterocycles. The number of rotatable bonds is 7. The maximum Gasteiger partial charge on any atom is 0.322 e. The molecule has 36 heavy (non-hydrogen) atoms. The van der Waals surface area contributed by atoms with E-state index in [4.69, 9.17) is 10.5 Å². The average Bonchev–Trinajstić information content (AvgIpc) is 3.52. The fourth-order valence-electron chi connectivity index (χ4n) is 4.92. The third-order valence-corrected chi connectivity index (χ3v) is 7.58. The van der Waals surface area contributed by atoms with Crippen LogP contribution in [0.15, 0.2) is 35.1 Å². The van der Waals surface area contributed by atoms with Crippen molar-refractivity contribution in [2.45, 2.75) is 64.9 Å². The number of amides is 1. The minimum atomic E-state index is -0.426. The van der Waals surface area contributed by atoms with Crippen LogP contribution in [0.3, 0.4) is 0 Å². The predicted octanol–water partition coefficient (Wildman–Crippen LogP) is 3.98. The monoisotopic (exact) mass is 509 g/mol. The summed E-state index contributed by atoms with van der Waals surface area (Å²) in [5, 5.41) is 7.51. The molecule has 0 radical (unpaired) electrons. The van der Waals surface area contributed by atoms with E-state index in [2.05, 4.69) is 33.1 Å². The summed E-state index contributed by atoms with van der Waals surface area (Å²) in [7, 11) is 0. The van der Waals surface area contributed by atoms with Crippen molar-refractivity contribution in [2.24, 2.45) is 5.73 Å². The Balaban J connectivity index is 0.000000187. The first kappa shape index (κ1) is 26.0. The van der Waals surface area contributed by atoms with Gasteiger partial charge in [0.05, 0.1) is 0 Å². The van der Waals surface area contributed by atoms with Crippen LogP contribution in [0, 0.1) is 6.92 Å². The molecule has 192 valence electrons. The second-order valence-corrected chi connectivity index (χ2v) is 10.5. The number of primary amides is 1. The highest BCUT2D eigenvalue weighted by molar-refractivity contribution is 7.08. The summed E-state index contributed by atoms with van der Waals surface area (Å²) in [5.74, 6) is 0.792. The number of aryl methyl sites for hydroxylation is 2.